The summed E-state index contributed by atoms with van der Waals surface area (Å²) >= 11 is 0. The molecule has 2 aliphatic heterocycles. The van der Waals surface area contributed by atoms with Crippen molar-refractivity contribution in [1.82, 2.24) is 21.3 Å². The molecule has 4 nitrogen and oxygen atoms in total. The van der Waals surface area contributed by atoms with Crippen molar-refractivity contribution >= 4 is 17.2 Å². The van der Waals surface area contributed by atoms with Crippen molar-refractivity contribution in [3.8, 4) is 0 Å². The summed E-state index contributed by atoms with van der Waals surface area (Å²) < 4.78 is 0. The summed E-state index contributed by atoms with van der Waals surface area (Å²) in [6.07, 6.45) is 3.96. The Bertz CT molecular complexity index is 905. The van der Waals surface area contributed by atoms with E-state index >= 15 is 0 Å². The van der Waals surface area contributed by atoms with E-state index in [1.807, 2.05) is 30.3 Å². The third-order valence-corrected chi connectivity index (χ3v) is 12.7. The molecule has 0 aliphatic carbocycles. The van der Waals surface area contributed by atoms with E-state index in [1.54, 1.807) is 5.56 Å². The maximum absolute atomic E-state index is 3.84. The fourth-order valence-corrected chi connectivity index (χ4v) is 10.3. The Labute approximate surface area is 254 Å². The molecule has 2 fully saturated rings. The maximum atomic E-state index is 3.84. The van der Waals surface area contributed by atoms with Crippen LogP contribution in [-0.2, 0) is 33.8 Å². The van der Waals surface area contributed by atoms with Gasteiger partial charge in [-0.15, -0.1) is 22.7 Å². The Hall–Kier alpha value is -0.0805. The van der Waals surface area contributed by atoms with Gasteiger partial charge in [0.2, 0.25) is 0 Å². The average Bonchev–Trinajstić information content (AvgIpc) is 3.55. The minimum absolute atomic E-state index is 0. The van der Waals surface area contributed by atoms with Crippen molar-refractivity contribution < 1.29 is 17.1 Å². The second kappa shape index (κ2) is 14.4. The first-order chi connectivity index (χ1) is 17.6. The zero-order chi connectivity index (χ0) is 28.2. The Balaban J connectivity index is 0.000000797. The zero-order valence-corrected chi connectivity index (χ0v) is 29.2. The zero-order valence-electron chi connectivity index (χ0n) is 26.0. The van der Waals surface area contributed by atoms with Crippen molar-refractivity contribution in [1.29, 1.82) is 0 Å². The third kappa shape index (κ3) is 9.20. The first-order valence-electron chi connectivity index (χ1n) is 14.6. The molecule has 0 aromatic heterocycles. The minimum Gasteiger partial charge on any atom is -0.301 e. The Morgan fingerprint density at radius 3 is 1.56 bits per heavy atom. The maximum Gasteiger partial charge on any atom is 2.00 e. The molecule has 2 aromatic carbocycles. The molecule has 0 bridgehead atoms. The van der Waals surface area contributed by atoms with Crippen LogP contribution in [0.4, 0.5) is 0 Å². The van der Waals surface area contributed by atoms with E-state index in [-0.39, 0.29) is 47.9 Å². The summed E-state index contributed by atoms with van der Waals surface area (Å²) in [4.78, 5) is 0. The largest absolute Gasteiger partial charge is 2.00 e. The van der Waals surface area contributed by atoms with Crippen LogP contribution in [0.3, 0.4) is 0 Å². The SMILES string of the molecule is CC(C)(C)c1cc(CP(C(C)(C)C)C(C)(C)C)c(C(P)(C2NCCCN2)C2NCCCN2)[cH-]1.[Fe+2].c1cc[cH-]c1. The Morgan fingerprint density at radius 2 is 1.23 bits per heavy atom. The van der Waals surface area contributed by atoms with Gasteiger partial charge in [-0.25, -0.2) is 18.2 Å². The summed E-state index contributed by atoms with van der Waals surface area (Å²) in [6, 6.07) is 15.1. The molecule has 4 rings (SSSR count). The van der Waals surface area contributed by atoms with Crippen LogP contribution in [0.2, 0.25) is 0 Å². The van der Waals surface area contributed by atoms with Crippen molar-refractivity contribution in [3.63, 3.8) is 0 Å². The third-order valence-electron chi connectivity index (χ3n) is 7.87. The van der Waals surface area contributed by atoms with Gasteiger partial charge in [0.25, 0.3) is 0 Å². The predicted octanol–water partition coefficient (Wildman–Crippen LogP) is 6.57. The topological polar surface area (TPSA) is 48.1 Å². The normalized spacial score (nSPS) is 18.4. The molecule has 2 heterocycles. The smallest absolute Gasteiger partial charge is 0.301 e. The molecule has 4 N–H and O–H groups in total. The standard InChI is InChI=1S/C27H51N4P2.C5H5.Fe/c1-24(2,3)20-16-19(18-33(25(4,5)6)26(7,8)9)21(17-20)27(32,22-28-12-10-13-29-22)23-30-14-11-15-31-23;1-2-4-5-3-1;/h16-17,22-23,28-31H,10-15,18,32H2,1-9H3;1-5H;/q2*-1;+2. The molecule has 2 saturated heterocycles. The number of hydrogen-bond donors (Lipinski definition) is 4. The van der Waals surface area contributed by atoms with Gasteiger partial charge >= 0.3 is 17.1 Å². The Kier molecular flexibility index (Phi) is 13.0. The fourth-order valence-electron chi connectivity index (χ4n) is 5.95. The van der Waals surface area contributed by atoms with Crippen molar-refractivity contribution in [3.05, 3.63) is 59.2 Å². The van der Waals surface area contributed by atoms with Gasteiger partial charge in [-0.2, -0.15) is 35.4 Å². The summed E-state index contributed by atoms with van der Waals surface area (Å²) in [5, 5.41) is 15.8. The summed E-state index contributed by atoms with van der Waals surface area (Å²) in [5.41, 5.74) is 4.64. The first kappa shape index (κ1) is 35.1. The molecule has 39 heavy (non-hydrogen) atoms. The second-order valence-corrected chi connectivity index (χ2v) is 19.0. The van der Waals surface area contributed by atoms with Crippen LogP contribution in [0.1, 0.15) is 91.8 Å². The number of rotatable bonds is 5. The molecule has 2 aromatic rings. The molecule has 0 spiro atoms. The van der Waals surface area contributed by atoms with Gasteiger partial charge in [-0.1, -0.05) is 68.5 Å². The molecule has 0 saturated carbocycles. The van der Waals surface area contributed by atoms with Crippen LogP contribution >= 0.6 is 17.2 Å². The summed E-state index contributed by atoms with van der Waals surface area (Å²) in [6.45, 7) is 26.0. The van der Waals surface area contributed by atoms with Crippen LogP contribution in [0.5, 0.6) is 0 Å². The van der Waals surface area contributed by atoms with Gasteiger partial charge in [0.05, 0.1) is 12.3 Å². The van der Waals surface area contributed by atoms with Crippen LogP contribution in [0.25, 0.3) is 0 Å². The number of hydrogen-bond acceptors (Lipinski definition) is 4. The molecule has 1 unspecified atom stereocenters. The van der Waals surface area contributed by atoms with Gasteiger partial charge in [0.15, 0.2) is 0 Å². The van der Waals surface area contributed by atoms with E-state index in [0.717, 1.165) is 26.2 Å². The van der Waals surface area contributed by atoms with Crippen molar-refractivity contribution in [2.45, 2.75) is 115 Å². The fraction of sp³-hybridized carbons (Fsp3) is 0.688. The molecular formula is C32H56FeN4P2. The molecule has 222 valence electrons. The van der Waals surface area contributed by atoms with E-state index in [1.165, 1.54) is 30.1 Å². The van der Waals surface area contributed by atoms with Gasteiger partial charge in [0, 0.05) is 5.16 Å². The van der Waals surface area contributed by atoms with Gasteiger partial charge < -0.3 is 21.3 Å². The summed E-state index contributed by atoms with van der Waals surface area (Å²) in [5.74, 6) is 0. The van der Waals surface area contributed by atoms with E-state index in [2.05, 4.69) is 105 Å². The van der Waals surface area contributed by atoms with Crippen LogP contribution < -0.4 is 21.3 Å². The molecular weight excluding hydrogens is 558 g/mol. The average molecular weight is 615 g/mol. The van der Waals surface area contributed by atoms with E-state index in [0.29, 0.717) is 10.3 Å². The first-order valence-corrected chi connectivity index (χ1v) is 16.7. The van der Waals surface area contributed by atoms with Crippen LogP contribution in [0.15, 0.2) is 42.5 Å². The number of nitrogens with one attached hydrogen (secondary N) is 4. The van der Waals surface area contributed by atoms with Crippen LogP contribution in [-0.4, -0.2) is 48.8 Å². The van der Waals surface area contributed by atoms with Gasteiger partial charge in [0.1, 0.15) is 0 Å². The predicted molar refractivity (Wildman–Crippen MR) is 173 cm³/mol. The molecule has 2 aliphatic rings. The van der Waals surface area contributed by atoms with Crippen molar-refractivity contribution in [2.24, 2.45) is 0 Å². The molecule has 0 amide bonds. The van der Waals surface area contributed by atoms with E-state index < -0.39 is 0 Å². The van der Waals surface area contributed by atoms with E-state index in [9.17, 15) is 0 Å². The minimum atomic E-state index is -0.231. The van der Waals surface area contributed by atoms with Crippen molar-refractivity contribution in [2.75, 3.05) is 26.2 Å². The van der Waals surface area contributed by atoms with Gasteiger partial charge in [-0.05, 0) is 54.7 Å². The second-order valence-electron chi connectivity index (χ2n) is 14.1. The molecule has 0 radical (unpaired) electrons. The Morgan fingerprint density at radius 1 is 0.795 bits per heavy atom. The quantitative estimate of drug-likeness (QED) is 0.175. The molecule has 7 heteroatoms. The monoisotopic (exact) mass is 614 g/mol. The molecule has 1 atom stereocenters. The van der Waals surface area contributed by atoms with E-state index in [4.69, 9.17) is 0 Å². The van der Waals surface area contributed by atoms with Crippen LogP contribution in [0, 0.1) is 0 Å². The summed E-state index contributed by atoms with van der Waals surface area (Å²) in [7, 11) is 3.10. The van der Waals surface area contributed by atoms with Gasteiger partial charge in [-0.3, -0.25) is 0 Å².